The SMILES string of the molecule is CC(C1CC1)N(C)C(=O)C1CC(=O)Nc2cc(F)ccc21. The van der Waals surface area contributed by atoms with E-state index < -0.39 is 11.7 Å². The summed E-state index contributed by atoms with van der Waals surface area (Å²) in [6, 6.07) is 4.40. The molecule has 0 radical (unpaired) electrons. The number of fused-ring (bicyclic) bond motifs is 1. The molecular weight excluding hydrogens is 271 g/mol. The highest BCUT2D eigenvalue weighted by Gasteiger charge is 2.37. The number of nitrogens with one attached hydrogen (secondary N) is 1. The van der Waals surface area contributed by atoms with Crippen LogP contribution >= 0.6 is 0 Å². The van der Waals surface area contributed by atoms with E-state index in [1.54, 1.807) is 18.0 Å². The molecule has 2 aliphatic rings. The van der Waals surface area contributed by atoms with Crippen LogP contribution in [0.1, 0.15) is 37.7 Å². The van der Waals surface area contributed by atoms with E-state index in [4.69, 9.17) is 0 Å². The van der Waals surface area contributed by atoms with E-state index in [0.29, 0.717) is 17.2 Å². The molecule has 2 amide bonds. The van der Waals surface area contributed by atoms with Crippen LogP contribution in [0.25, 0.3) is 0 Å². The molecule has 0 bridgehead atoms. The number of rotatable bonds is 3. The third kappa shape index (κ3) is 2.64. The Kier molecular flexibility index (Phi) is 3.43. The Morgan fingerprint density at radius 3 is 2.81 bits per heavy atom. The van der Waals surface area contributed by atoms with Crippen LogP contribution in [0.5, 0.6) is 0 Å². The van der Waals surface area contributed by atoms with Crippen molar-refractivity contribution < 1.29 is 14.0 Å². The predicted octanol–water partition coefficient (Wildman–Crippen LogP) is 2.51. The average molecular weight is 290 g/mol. The van der Waals surface area contributed by atoms with E-state index in [0.717, 1.165) is 12.8 Å². The van der Waals surface area contributed by atoms with E-state index >= 15 is 0 Å². The summed E-state index contributed by atoms with van der Waals surface area (Å²) in [5.41, 5.74) is 1.12. The molecule has 1 fully saturated rings. The molecule has 1 N–H and O–H groups in total. The van der Waals surface area contributed by atoms with Crippen LogP contribution in [0.15, 0.2) is 18.2 Å². The molecule has 5 heteroatoms. The quantitative estimate of drug-likeness (QED) is 0.930. The molecular formula is C16H19FN2O2. The maximum Gasteiger partial charge on any atom is 0.230 e. The zero-order valence-corrected chi connectivity index (χ0v) is 12.2. The molecule has 0 spiro atoms. The molecule has 1 aliphatic carbocycles. The van der Waals surface area contributed by atoms with Gasteiger partial charge in [0.05, 0.1) is 5.92 Å². The zero-order valence-electron chi connectivity index (χ0n) is 12.2. The number of amides is 2. The standard InChI is InChI=1S/C16H19FN2O2/c1-9(10-3-4-10)19(2)16(21)13-8-15(20)18-14-7-11(17)5-6-12(13)14/h5-7,9-10,13H,3-4,8H2,1-2H3,(H,18,20). The normalized spacial score (nSPS) is 22.2. The molecule has 0 aromatic heterocycles. The fourth-order valence-electron chi connectivity index (χ4n) is 3.00. The zero-order chi connectivity index (χ0) is 15.1. The van der Waals surface area contributed by atoms with Gasteiger partial charge in [0.2, 0.25) is 11.8 Å². The summed E-state index contributed by atoms with van der Waals surface area (Å²) in [7, 11) is 1.79. The fourth-order valence-corrected chi connectivity index (χ4v) is 3.00. The number of carbonyl (C=O) groups is 2. The Morgan fingerprint density at radius 2 is 2.14 bits per heavy atom. The highest BCUT2D eigenvalue weighted by molar-refractivity contribution is 6.01. The van der Waals surface area contributed by atoms with Crippen LogP contribution in [0.2, 0.25) is 0 Å². The summed E-state index contributed by atoms with van der Waals surface area (Å²) in [6.07, 6.45) is 2.44. The summed E-state index contributed by atoms with van der Waals surface area (Å²) in [4.78, 5) is 26.2. The number of hydrogen-bond donors (Lipinski definition) is 1. The van der Waals surface area contributed by atoms with Crippen molar-refractivity contribution in [2.24, 2.45) is 5.92 Å². The molecule has 1 aliphatic heterocycles. The first kappa shape index (κ1) is 14.0. The predicted molar refractivity (Wildman–Crippen MR) is 77.3 cm³/mol. The summed E-state index contributed by atoms with van der Waals surface area (Å²) < 4.78 is 13.3. The third-order valence-electron chi connectivity index (χ3n) is 4.62. The Balaban J connectivity index is 1.88. The molecule has 2 unspecified atom stereocenters. The van der Waals surface area contributed by atoms with Gasteiger partial charge >= 0.3 is 0 Å². The van der Waals surface area contributed by atoms with Crippen LogP contribution < -0.4 is 5.32 Å². The van der Waals surface area contributed by atoms with E-state index in [2.05, 4.69) is 5.32 Å². The van der Waals surface area contributed by atoms with E-state index in [1.165, 1.54) is 12.1 Å². The molecule has 2 atom stereocenters. The number of anilines is 1. The number of benzene rings is 1. The Hall–Kier alpha value is -1.91. The summed E-state index contributed by atoms with van der Waals surface area (Å²) in [5.74, 6) is -0.650. The van der Waals surface area contributed by atoms with Crippen molar-refractivity contribution in [2.45, 2.75) is 38.1 Å². The van der Waals surface area contributed by atoms with Crippen LogP contribution in [-0.2, 0) is 9.59 Å². The van der Waals surface area contributed by atoms with Gasteiger partial charge in [0.15, 0.2) is 0 Å². The molecule has 1 aromatic carbocycles. The lowest BCUT2D eigenvalue weighted by atomic mass is 9.89. The van der Waals surface area contributed by atoms with E-state index in [-0.39, 0.29) is 24.3 Å². The first-order valence-corrected chi connectivity index (χ1v) is 7.33. The van der Waals surface area contributed by atoms with Gasteiger partial charge in [-0.1, -0.05) is 6.07 Å². The topological polar surface area (TPSA) is 49.4 Å². The van der Waals surface area contributed by atoms with Crippen LogP contribution in [0.3, 0.4) is 0 Å². The van der Waals surface area contributed by atoms with Gasteiger partial charge in [0.25, 0.3) is 0 Å². The second kappa shape index (κ2) is 5.13. The monoisotopic (exact) mass is 290 g/mol. The van der Waals surface area contributed by atoms with Gasteiger partial charge in [0, 0.05) is 25.2 Å². The Morgan fingerprint density at radius 1 is 1.43 bits per heavy atom. The number of likely N-dealkylation sites (N-methyl/N-ethyl adjacent to an activating group) is 1. The lowest BCUT2D eigenvalue weighted by molar-refractivity contribution is -0.135. The molecule has 1 aromatic rings. The van der Waals surface area contributed by atoms with Crippen molar-refractivity contribution in [1.82, 2.24) is 4.90 Å². The van der Waals surface area contributed by atoms with Gasteiger partial charge < -0.3 is 10.2 Å². The van der Waals surface area contributed by atoms with Gasteiger partial charge in [-0.3, -0.25) is 9.59 Å². The van der Waals surface area contributed by atoms with Gasteiger partial charge in [-0.25, -0.2) is 4.39 Å². The molecule has 21 heavy (non-hydrogen) atoms. The maximum atomic E-state index is 13.3. The van der Waals surface area contributed by atoms with Gasteiger partial charge in [-0.15, -0.1) is 0 Å². The van der Waals surface area contributed by atoms with Crippen LogP contribution in [0.4, 0.5) is 10.1 Å². The molecule has 1 heterocycles. The van der Waals surface area contributed by atoms with Crippen molar-refractivity contribution in [1.29, 1.82) is 0 Å². The molecule has 112 valence electrons. The van der Waals surface area contributed by atoms with Gasteiger partial charge in [-0.2, -0.15) is 0 Å². The molecule has 0 saturated heterocycles. The first-order valence-electron chi connectivity index (χ1n) is 7.33. The number of hydrogen-bond acceptors (Lipinski definition) is 2. The van der Waals surface area contributed by atoms with Crippen molar-refractivity contribution >= 4 is 17.5 Å². The summed E-state index contributed by atoms with van der Waals surface area (Å²) >= 11 is 0. The van der Waals surface area contributed by atoms with Crippen molar-refractivity contribution in [3.8, 4) is 0 Å². The van der Waals surface area contributed by atoms with Crippen molar-refractivity contribution in [2.75, 3.05) is 12.4 Å². The first-order chi connectivity index (χ1) is 9.97. The van der Waals surface area contributed by atoms with Crippen LogP contribution in [0, 0.1) is 11.7 Å². The van der Waals surface area contributed by atoms with E-state index in [1.807, 2.05) is 6.92 Å². The fraction of sp³-hybridized carbons (Fsp3) is 0.500. The number of carbonyl (C=O) groups excluding carboxylic acids is 2. The Bertz CT molecular complexity index is 598. The highest BCUT2D eigenvalue weighted by Crippen LogP contribution is 2.38. The summed E-state index contributed by atoms with van der Waals surface area (Å²) in [6.45, 7) is 2.05. The highest BCUT2D eigenvalue weighted by atomic mass is 19.1. The maximum absolute atomic E-state index is 13.3. The Labute approximate surface area is 123 Å². The second-order valence-corrected chi connectivity index (χ2v) is 6.06. The van der Waals surface area contributed by atoms with Crippen molar-refractivity contribution in [3.05, 3.63) is 29.6 Å². The van der Waals surface area contributed by atoms with Crippen molar-refractivity contribution in [3.63, 3.8) is 0 Å². The number of halogens is 1. The van der Waals surface area contributed by atoms with Gasteiger partial charge in [0.1, 0.15) is 5.82 Å². The summed E-state index contributed by atoms with van der Waals surface area (Å²) in [5, 5.41) is 2.64. The van der Waals surface area contributed by atoms with E-state index in [9.17, 15) is 14.0 Å². The molecule has 3 rings (SSSR count). The van der Waals surface area contributed by atoms with Crippen LogP contribution in [-0.4, -0.2) is 29.8 Å². The number of nitrogens with zero attached hydrogens (tertiary/aromatic N) is 1. The largest absolute Gasteiger partial charge is 0.342 e. The third-order valence-corrected chi connectivity index (χ3v) is 4.62. The smallest absolute Gasteiger partial charge is 0.230 e. The lowest BCUT2D eigenvalue weighted by Crippen LogP contribution is -2.41. The van der Waals surface area contributed by atoms with Gasteiger partial charge in [-0.05, 0) is 43.4 Å². The average Bonchev–Trinajstić information content (AvgIpc) is 3.28. The lowest BCUT2D eigenvalue weighted by Gasteiger charge is -2.32. The second-order valence-electron chi connectivity index (χ2n) is 6.06. The molecule has 1 saturated carbocycles. The minimum atomic E-state index is -0.513. The minimum Gasteiger partial charge on any atom is -0.342 e. The molecule has 4 nitrogen and oxygen atoms in total. The minimum absolute atomic E-state index is 0.0582.